The lowest BCUT2D eigenvalue weighted by atomic mass is 10.1. The highest BCUT2D eigenvalue weighted by atomic mass is 32.1. The summed E-state index contributed by atoms with van der Waals surface area (Å²) < 4.78 is 32.7. The fourth-order valence-corrected chi connectivity index (χ4v) is 2.24. The van der Waals surface area contributed by atoms with Crippen LogP contribution in [0.2, 0.25) is 0 Å². The van der Waals surface area contributed by atoms with Crippen molar-refractivity contribution in [3.63, 3.8) is 0 Å². The number of benzene rings is 1. The smallest absolute Gasteiger partial charge is 0.191 e. The van der Waals surface area contributed by atoms with Gasteiger partial charge < -0.3 is 10.5 Å². The monoisotopic (exact) mass is 284 g/mol. The van der Waals surface area contributed by atoms with Crippen molar-refractivity contribution < 1.29 is 13.5 Å². The van der Waals surface area contributed by atoms with E-state index in [9.17, 15) is 8.78 Å². The van der Waals surface area contributed by atoms with E-state index < -0.39 is 11.6 Å². The Balaban J connectivity index is 2.12. The highest BCUT2D eigenvalue weighted by molar-refractivity contribution is 7.07. The molecule has 0 aliphatic carbocycles. The maximum absolute atomic E-state index is 13.8. The van der Waals surface area contributed by atoms with Gasteiger partial charge in [0.05, 0.1) is 11.2 Å². The van der Waals surface area contributed by atoms with Crippen LogP contribution in [0, 0.1) is 11.6 Å². The largest absolute Gasteiger partial charge is 0.481 e. The Morgan fingerprint density at radius 3 is 2.58 bits per heavy atom. The number of ether oxygens (including phenoxy) is 1. The Morgan fingerprint density at radius 2 is 2.05 bits per heavy atom. The highest BCUT2D eigenvalue weighted by Gasteiger charge is 2.14. The van der Waals surface area contributed by atoms with Gasteiger partial charge in [0, 0.05) is 11.4 Å². The Morgan fingerprint density at radius 1 is 1.37 bits per heavy atom. The van der Waals surface area contributed by atoms with Crippen LogP contribution in [0.3, 0.4) is 0 Å². The first kappa shape index (κ1) is 13.9. The van der Waals surface area contributed by atoms with Crippen LogP contribution >= 0.6 is 11.3 Å². The minimum absolute atomic E-state index is 0.0456. The summed E-state index contributed by atoms with van der Waals surface area (Å²) in [5, 5.41) is 1.76. The molecule has 102 valence electrons. The standard InChI is InChI=1S/C13H14F2N2OS/c1-8(16)2-9-3-11(14)13(12(15)4-9)18-5-10-6-19-7-17-10/h3-4,6-8H,2,5,16H2,1H3. The molecule has 1 aromatic carbocycles. The molecule has 3 nitrogen and oxygen atoms in total. The molecule has 2 N–H and O–H groups in total. The second-order valence-corrected chi connectivity index (χ2v) is 5.06. The van der Waals surface area contributed by atoms with Crippen molar-refractivity contribution >= 4 is 11.3 Å². The zero-order chi connectivity index (χ0) is 13.8. The van der Waals surface area contributed by atoms with Gasteiger partial charge >= 0.3 is 0 Å². The van der Waals surface area contributed by atoms with E-state index in [1.165, 1.54) is 23.5 Å². The van der Waals surface area contributed by atoms with Crippen molar-refractivity contribution in [2.45, 2.75) is 26.0 Å². The van der Waals surface area contributed by atoms with Crippen molar-refractivity contribution in [1.29, 1.82) is 0 Å². The third-order valence-electron chi connectivity index (χ3n) is 2.46. The average Bonchev–Trinajstić information content (AvgIpc) is 2.79. The molecule has 1 atom stereocenters. The third kappa shape index (κ3) is 3.71. The van der Waals surface area contributed by atoms with E-state index in [1.807, 2.05) is 0 Å². The fourth-order valence-electron chi connectivity index (χ4n) is 1.69. The predicted molar refractivity (Wildman–Crippen MR) is 70.2 cm³/mol. The number of hydrogen-bond donors (Lipinski definition) is 1. The molecule has 0 aliphatic heterocycles. The number of thiazole rings is 1. The molecule has 0 amide bonds. The molecule has 1 heterocycles. The molecule has 1 aromatic heterocycles. The summed E-state index contributed by atoms with van der Waals surface area (Å²) in [6, 6.07) is 2.35. The summed E-state index contributed by atoms with van der Waals surface area (Å²) in [5.41, 5.74) is 8.40. The van der Waals surface area contributed by atoms with Crippen LogP contribution in [-0.4, -0.2) is 11.0 Å². The lowest BCUT2D eigenvalue weighted by Crippen LogP contribution is -2.18. The summed E-state index contributed by atoms with van der Waals surface area (Å²) in [6.45, 7) is 1.83. The van der Waals surface area contributed by atoms with Crippen LogP contribution < -0.4 is 10.5 Å². The van der Waals surface area contributed by atoms with E-state index in [0.717, 1.165) is 0 Å². The number of hydrogen-bond acceptors (Lipinski definition) is 4. The molecule has 0 bridgehead atoms. The average molecular weight is 284 g/mol. The van der Waals surface area contributed by atoms with Gasteiger partial charge in [-0.3, -0.25) is 0 Å². The first-order valence-electron chi connectivity index (χ1n) is 5.79. The molecule has 19 heavy (non-hydrogen) atoms. The third-order valence-corrected chi connectivity index (χ3v) is 3.10. The van der Waals surface area contributed by atoms with Crippen LogP contribution in [0.4, 0.5) is 8.78 Å². The molecule has 0 radical (unpaired) electrons. The molecule has 2 aromatic rings. The molecule has 0 aliphatic rings. The summed E-state index contributed by atoms with van der Waals surface area (Å²) >= 11 is 1.40. The van der Waals surface area contributed by atoms with Crippen molar-refractivity contribution in [3.8, 4) is 5.75 Å². The molecule has 2 rings (SSSR count). The van der Waals surface area contributed by atoms with Crippen LogP contribution in [0.5, 0.6) is 5.75 Å². The molecule has 0 saturated carbocycles. The van der Waals surface area contributed by atoms with Gasteiger partial charge in [-0.1, -0.05) is 0 Å². The number of nitrogens with zero attached hydrogens (tertiary/aromatic N) is 1. The van der Waals surface area contributed by atoms with Crippen molar-refractivity contribution in [2.24, 2.45) is 5.73 Å². The quantitative estimate of drug-likeness (QED) is 0.918. The SMILES string of the molecule is CC(N)Cc1cc(F)c(OCc2cscn2)c(F)c1. The number of aromatic nitrogens is 1. The Bertz CT molecular complexity index is 521. The van der Waals surface area contributed by atoms with Crippen LogP contribution in [0.1, 0.15) is 18.2 Å². The predicted octanol–water partition coefficient (Wildman–Crippen LogP) is 2.89. The van der Waals surface area contributed by atoms with E-state index in [2.05, 4.69) is 4.98 Å². The van der Waals surface area contributed by atoms with E-state index in [-0.39, 0.29) is 18.4 Å². The maximum Gasteiger partial charge on any atom is 0.191 e. The van der Waals surface area contributed by atoms with Gasteiger partial charge in [0.1, 0.15) is 6.61 Å². The van der Waals surface area contributed by atoms with Gasteiger partial charge in [0.2, 0.25) is 0 Å². The molecule has 0 saturated heterocycles. The van der Waals surface area contributed by atoms with Gasteiger partial charge in [-0.15, -0.1) is 11.3 Å². The molecular weight excluding hydrogens is 270 g/mol. The zero-order valence-corrected chi connectivity index (χ0v) is 11.2. The van der Waals surface area contributed by atoms with Gasteiger partial charge in [-0.25, -0.2) is 13.8 Å². The minimum atomic E-state index is -0.717. The van der Waals surface area contributed by atoms with Crippen LogP contribution in [0.25, 0.3) is 0 Å². The highest BCUT2D eigenvalue weighted by Crippen LogP contribution is 2.24. The normalized spacial score (nSPS) is 12.4. The summed E-state index contributed by atoms with van der Waals surface area (Å²) in [4.78, 5) is 3.98. The van der Waals surface area contributed by atoms with E-state index in [4.69, 9.17) is 10.5 Å². The zero-order valence-electron chi connectivity index (χ0n) is 10.4. The van der Waals surface area contributed by atoms with Gasteiger partial charge in [-0.2, -0.15) is 0 Å². The second kappa shape index (κ2) is 6.08. The van der Waals surface area contributed by atoms with Crippen molar-refractivity contribution in [1.82, 2.24) is 4.98 Å². The molecule has 0 fully saturated rings. The van der Waals surface area contributed by atoms with Gasteiger partial charge in [0.15, 0.2) is 17.4 Å². The summed E-state index contributed by atoms with van der Waals surface area (Å²) in [5.74, 6) is -1.81. The maximum atomic E-state index is 13.8. The molecule has 0 spiro atoms. The van der Waals surface area contributed by atoms with Crippen LogP contribution in [0.15, 0.2) is 23.0 Å². The Kier molecular flexibility index (Phi) is 4.44. The molecule has 1 unspecified atom stereocenters. The summed E-state index contributed by atoms with van der Waals surface area (Å²) in [7, 11) is 0. The lowest BCUT2D eigenvalue weighted by Gasteiger charge is -2.10. The first-order chi connectivity index (χ1) is 9.06. The Labute approximate surface area is 114 Å². The van der Waals surface area contributed by atoms with Gasteiger partial charge in [-0.05, 0) is 31.0 Å². The number of halogens is 2. The topological polar surface area (TPSA) is 48.1 Å². The Hall–Kier alpha value is -1.53. The lowest BCUT2D eigenvalue weighted by molar-refractivity contribution is 0.270. The van der Waals surface area contributed by atoms with E-state index >= 15 is 0 Å². The molecule has 6 heteroatoms. The fraction of sp³-hybridized carbons (Fsp3) is 0.308. The molecular formula is C13H14F2N2OS. The van der Waals surface area contributed by atoms with Crippen LogP contribution in [-0.2, 0) is 13.0 Å². The van der Waals surface area contributed by atoms with Gasteiger partial charge in [0.25, 0.3) is 0 Å². The first-order valence-corrected chi connectivity index (χ1v) is 6.74. The number of nitrogens with two attached hydrogens (primary N) is 1. The number of rotatable bonds is 5. The van der Waals surface area contributed by atoms with Crippen molar-refractivity contribution in [3.05, 3.63) is 45.9 Å². The van der Waals surface area contributed by atoms with E-state index in [0.29, 0.717) is 17.7 Å². The second-order valence-electron chi connectivity index (χ2n) is 4.34. The summed E-state index contributed by atoms with van der Waals surface area (Å²) in [6.07, 6.45) is 0.417. The van der Waals surface area contributed by atoms with Crippen molar-refractivity contribution in [2.75, 3.05) is 0 Å². The minimum Gasteiger partial charge on any atom is -0.481 e. The van der Waals surface area contributed by atoms with E-state index in [1.54, 1.807) is 17.8 Å².